The summed E-state index contributed by atoms with van der Waals surface area (Å²) in [7, 11) is 0. The standard InChI is InChI=1S/C24H27ClFN5O3/c1-24(2)10-14(21(32)31-24)8-15(11-27)28-22(33)17(7-12-3-4-12)30-23(34)18-9-13-5-6-16(26)19(25)20(13)29-18/h5-6,9,12,14-15,17,29H,3-4,7-8,10H2,1-2H3,(H,28,33)(H,30,34)(H,31,32)/t14-,15+,17+/m1/s1. The molecule has 2 aliphatic rings. The Hall–Kier alpha value is -3.12. The maximum atomic E-state index is 13.7. The number of fused-ring (bicyclic) bond motifs is 1. The molecule has 8 nitrogen and oxygen atoms in total. The van der Waals surface area contributed by atoms with Crippen molar-refractivity contribution in [2.24, 2.45) is 11.8 Å². The van der Waals surface area contributed by atoms with Crippen LogP contribution < -0.4 is 16.0 Å². The van der Waals surface area contributed by atoms with E-state index in [1.807, 2.05) is 13.8 Å². The van der Waals surface area contributed by atoms with Crippen molar-refractivity contribution in [1.82, 2.24) is 20.9 Å². The van der Waals surface area contributed by atoms with Crippen LogP contribution in [0.25, 0.3) is 10.9 Å². The molecule has 0 bridgehead atoms. The van der Waals surface area contributed by atoms with Crippen molar-refractivity contribution in [3.05, 3.63) is 34.7 Å². The molecule has 1 saturated heterocycles. The minimum atomic E-state index is -0.856. The van der Waals surface area contributed by atoms with E-state index in [-0.39, 0.29) is 34.5 Å². The molecule has 2 heterocycles. The highest BCUT2D eigenvalue weighted by Gasteiger charge is 2.39. The van der Waals surface area contributed by atoms with Crippen LogP contribution in [0.5, 0.6) is 0 Å². The molecule has 4 N–H and O–H groups in total. The lowest BCUT2D eigenvalue weighted by Gasteiger charge is -2.21. The number of benzene rings is 1. The van der Waals surface area contributed by atoms with Crippen LogP contribution in [-0.4, -0.2) is 40.3 Å². The van der Waals surface area contributed by atoms with Gasteiger partial charge < -0.3 is 20.9 Å². The van der Waals surface area contributed by atoms with Crippen molar-refractivity contribution in [3.63, 3.8) is 0 Å². The molecule has 1 aliphatic carbocycles. The molecular formula is C24H27ClFN5O3. The molecular weight excluding hydrogens is 461 g/mol. The quantitative estimate of drug-likeness (QED) is 0.456. The Balaban J connectivity index is 1.44. The number of halogens is 2. The molecule has 2 aromatic rings. The third-order valence-corrected chi connectivity index (χ3v) is 6.77. The van der Waals surface area contributed by atoms with Crippen LogP contribution >= 0.6 is 11.6 Å². The number of nitrogens with one attached hydrogen (secondary N) is 4. The molecule has 2 fully saturated rings. The number of nitriles is 1. The lowest BCUT2D eigenvalue weighted by Crippen LogP contribution is -2.50. The van der Waals surface area contributed by atoms with Crippen molar-refractivity contribution in [1.29, 1.82) is 5.26 Å². The molecule has 34 heavy (non-hydrogen) atoms. The molecule has 0 radical (unpaired) electrons. The largest absolute Gasteiger partial charge is 0.351 e. The minimum Gasteiger partial charge on any atom is -0.351 e. The number of carbonyl (C=O) groups excluding carboxylic acids is 3. The summed E-state index contributed by atoms with van der Waals surface area (Å²) in [5, 5.41) is 18.4. The minimum absolute atomic E-state index is 0.111. The van der Waals surface area contributed by atoms with Crippen molar-refractivity contribution in [3.8, 4) is 6.07 Å². The van der Waals surface area contributed by atoms with Gasteiger partial charge in [-0.2, -0.15) is 5.26 Å². The molecule has 4 rings (SSSR count). The molecule has 180 valence electrons. The van der Waals surface area contributed by atoms with Gasteiger partial charge in [-0.1, -0.05) is 24.4 Å². The topological polar surface area (TPSA) is 127 Å². The van der Waals surface area contributed by atoms with Gasteiger partial charge in [0.05, 0.1) is 11.6 Å². The Morgan fingerprint density at radius 1 is 1.29 bits per heavy atom. The Labute approximate surface area is 201 Å². The fourth-order valence-electron chi connectivity index (χ4n) is 4.50. The Kier molecular flexibility index (Phi) is 6.54. The smallest absolute Gasteiger partial charge is 0.268 e. The molecule has 10 heteroatoms. The van der Waals surface area contributed by atoms with E-state index in [0.717, 1.165) is 12.8 Å². The molecule has 1 saturated carbocycles. The molecule has 1 aromatic heterocycles. The number of rotatable bonds is 8. The van der Waals surface area contributed by atoms with Gasteiger partial charge in [-0.3, -0.25) is 14.4 Å². The number of hydrogen-bond acceptors (Lipinski definition) is 4. The van der Waals surface area contributed by atoms with E-state index in [2.05, 4.69) is 27.0 Å². The predicted octanol–water partition coefficient (Wildman–Crippen LogP) is 3.17. The first-order valence-corrected chi connectivity index (χ1v) is 11.7. The third kappa shape index (κ3) is 5.33. The van der Waals surface area contributed by atoms with E-state index in [0.29, 0.717) is 29.7 Å². The van der Waals surface area contributed by atoms with E-state index < -0.39 is 29.7 Å². The number of H-pyrrole nitrogens is 1. The van der Waals surface area contributed by atoms with Gasteiger partial charge in [-0.05, 0) is 57.2 Å². The van der Waals surface area contributed by atoms with E-state index in [1.54, 1.807) is 6.07 Å². The number of amides is 3. The van der Waals surface area contributed by atoms with Gasteiger partial charge in [-0.15, -0.1) is 0 Å². The summed E-state index contributed by atoms with van der Waals surface area (Å²) in [6.07, 6.45) is 3.17. The zero-order chi connectivity index (χ0) is 24.6. The van der Waals surface area contributed by atoms with E-state index in [9.17, 15) is 24.0 Å². The van der Waals surface area contributed by atoms with Gasteiger partial charge in [0.2, 0.25) is 11.8 Å². The first kappa shape index (κ1) is 24.0. The summed E-state index contributed by atoms with van der Waals surface area (Å²) >= 11 is 5.99. The van der Waals surface area contributed by atoms with Gasteiger partial charge in [0.15, 0.2) is 0 Å². The number of nitrogens with zero attached hydrogens (tertiary/aromatic N) is 1. The summed E-state index contributed by atoms with van der Waals surface area (Å²) in [5.74, 6) is -1.77. The van der Waals surface area contributed by atoms with E-state index >= 15 is 0 Å². The fourth-order valence-corrected chi connectivity index (χ4v) is 4.72. The van der Waals surface area contributed by atoms with Crippen LogP contribution in [0.15, 0.2) is 18.2 Å². The molecule has 0 spiro atoms. The van der Waals surface area contributed by atoms with E-state index in [4.69, 9.17) is 11.6 Å². The normalized spacial score (nSPS) is 20.9. The second-order valence-electron chi connectivity index (χ2n) is 9.91. The summed E-state index contributed by atoms with van der Waals surface area (Å²) in [6, 6.07) is 4.64. The van der Waals surface area contributed by atoms with Crippen LogP contribution in [0.3, 0.4) is 0 Å². The average Bonchev–Trinajstić information content (AvgIpc) is 3.41. The summed E-state index contributed by atoms with van der Waals surface area (Å²) in [5.41, 5.74) is 0.106. The fraction of sp³-hybridized carbons (Fsp3) is 0.500. The highest BCUT2D eigenvalue weighted by Crippen LogP contribution is 2.34. The van der Waals surface area contributed by atoms with Crippen molar-refractivity contribution < 1.29 is 18.8 Å². The molecule has 3 amide bonds. The lowest BCUT2D eigenvalue weighted by molar-refractivity contribution is -0.125. The highest BCUT2D eigenvalue weighted by atomic mass is 35.5. The summed E-state index contributed by atoms with van der Waals surface area (Å²) in [4.78, 5) is 41.0. The molecule has 0 unspecified atom stereocenters. The van der Waals surface area contributed by atoms with Crippen molar-refractivity contribution in [2.45, 2.75) is 63.6 Å². The molecule has 1 aliphatic heterocycles. The second-order valence-corrected chi connectivity index (χ2v) is 10.3. The van der Waals surface area contributed by atoms with Gasteiger partial charge in [0.25, 0.3) is 5.91 Å². The Bertz CT molecular complexity index is 1180. The Morgan fingerprint density at radius 3 is 2.65 bits per heavy atom. The zero-order valence-corrected chi connectivity index (χ0v) is 19.8. The van der Waals surface area contributed by atoms with Crippen molar-refractivity contribution >= 4 is 40.2 Å². The van der Waals surface area contributed by atoms with Crippen LogP contribution in [-0.2, 0) is 9.59 Å². The van der Waals surface area contributed by atoms with Crippen LogP contribution in [0.2, 0.25) is 5.02 Å². The summed E-state index contributed by atoms with van der Waals surface area (Å²) < 4.78 is 13.7. The molecule has 3 atom stereocenters. The maximum absolute atomic E-state index is 13.7. The second kappa shape index (κ2) is 9.26. The number of aromatic amines is 1. The van der Waals surface area contributed by atoms with Gasteiger partial charge in [0, 0.05) is 16.8 Å². The van der Waals surface area contributed by atoms with Gasteiger partial charge in [0.1, 0.15) is 28.6 Å². The zero-order valence-electron chi connectivity index (χ0n) is 19.0. The van der Waals surface area contributed by atoms with Gasteiger partial charge >= 0.3 is 0 Å². The van der Waals surface area contributed by atoms with Crippen LogP contribution in [0.4, 0.5) is 4.39 Å². The summed E-state index contributed by atoms with van der Waals surface area (Å²) in [6.45, 7) is 3.83. The third-order valence-electron chi connectivity index (χ3n) is 6.40. The average molecular weight is 488 g/mol. The first-order valence-electron chi connectivity index (χ1n) is 11.4. The predicted molar refractivity (Wildman–Crippen MR) is 124 cm³/mol. The van der Waals surface area contributed by atoms with E-state index in [1.165, 1.54) is 12.1 Å². The number of aromatic nitrogens is 1. The van der Waals surface area contributed by atoms with Crippen molar-refractivity contribution in [2.75, 3.05) is 0 Å². The van der Waals surface area contributed by atoms with Crippen LogP contribution in [0, 0.1) is 29.0 Å². The van der Waals surface area contributed by atoms with Gasteiger partial charge in [-0.25, -0.2) is 4.39 Å². The Morgan fingerprint density at radius 2 is 2.03 bits per heavy atom. The maximum Gasteiger partial charge on any atom is 0.268 e. The molecule has 1 aromatic carbocycles. The lowest BCUT2D eigenvalue weighted by atomic mass is 9.92. The van der Waals surface area contributed by atoms with Crippen LogP contribution in [0.1, 0.15) is 56.4 Å². The highest BCUT2D eigenvalue weighted by molar-refractivity contribution is 6.35. The first-order chi connectivity index (χ1) is 16.1. The number of hydrogen-bond donors (Lipinski definition) is 4. The SMILES string of the molecule is CC1(C)C[C@@H](C[C@@H](C#N)NC(=O)[C@H](CC2CC2)NC(=O)c2cc3ccc(F)c(Cl)c3[nH]2)C(=O)N1. The number of carbonyl (C=O) groups is 3. The monoisotopic (exact) mass is 487 g/mol.